The van der Waals surface area contributed by atoms with E-state index >= 15 is 0 Å². The lowest BCUT2D eigenvalue weighted by molar-refractivity contribution is -0.134. The van der Waals surface area contributed by atoms with E-state index in [0.29, 0.717) is 29.4 Å². The van der Waals surface area contributed by atoms with Crippen LogP contribution in [-0.2, 0) is 16.0 Å². The highest BCUT2D eigenvalue weighted by atomic mass is 32.1. The van der Waals surface area contributed by atoms with Crippen LogP contribution in [0.15, 0.2) is 29.6 Å². The van der Waals surface area contributed by atoms with E-state index in [2.05, 4.69) is 4.98 Å². The van der Waals surface area contributed by atoms with Crippen molar-refractivity contribution in [3.05, 3.63) is 41.2 Å². The summed E-state index contributed by atoms with van der Waals surface area (Å²) in [5.41, 5.74) is 6.70. The van der Waals surface area contributed by atoms with Crippen LogP contribution >= 0.6 is 11.3 Å². The molecule has 126 valence electrons. The molecule has 24 heavy (non-hydrogen) atoms. The van der Waals surface area contributed by atoms with Crippen LogP contribution in [0.3, 0.4) is 0 Å². The molecule has 2 amide bonds. The molecular weight excluding hydrogens is 329 g/mol. The van der Waals surface area contributed by atoms with Crippen molar-refractivity contribution >= 4 is 23.2 Å². The van der Waals surface area contributed by atoms with Gasteiger partial charge in [0, 0.05) is 24.0 Å². The fourth-order valence-corrected chi connectivity index (χ4v) is 3.66. The van der Waals surface area contributed by atoms with E-state index in [9.17, 15) is 14.0 Å². The smallest absolute Gasteiger partial charge is 0.228 e. The third-order valence-corrected chi connectivity index (χ3v) is 5.07. The number of benzene rings is 1. The van der Waals surface area contributed by atoms with Gasteiger partial charge in [-0.3, -0.25) is 9.59 Å². The van der Waals surface area contributed by atoms with Gasteiger partial charge in [0.25, 0.3) is 0 Å². The molecule has 1 aliphatic rings. The van der Waals surface area contributed by atoms with E-state index in [0.717, 1.165) is 12.8 Å². The second kappa shape index (κ2) is 7.09. The van der Waals surface area contributed by atoms with Gasteiger partial charge in [0.2, 0.25) is 11.8 Å². The zero-order valence-corrected chi connectivity index (χ0v) is 13.9. The van der Waals surface area contributed by atoms with E-state index in [1.807, 2.05) is 5.38 Å². The van der Waals surface area contributed by atoms with Crippen LogP contribution in [0.25, 0.3) is 10.6 Å². The largest absolute Gasteiger partial charge is 0.369 e. The van der Waals surface area contributed by atoms with Gasteiger partial charge in [0.05, 0.1) is 18.0 Å². The molecule has 0 unspecified atom stereocenters. The predicted octanol–water partition coefficient (Wildman–Crippen LogP) is 2.22. The van der Waals surface area contributed by atoms with Gasteiger partial charge in [-0.25, -0.2) is 9.37 Å². The molecule has 5 nitrogen and oxygen atoms in total. The molecule has 2 heterocycles. The maximum absolute atomic E-state index is 13.3. The normalized spacial score (nSPS) is 17.7. The van der Waals surface area contributed by atoms with Crippen LogP contribution in [0.5, 0.6) is 0 Å². The van der Waals surface area contributed by atoms with Gasteiger partial charge < -0.3 is 10.6 Å². The maximum atomic E-state index is 13.3. The Balaban J connectivity index is 1.66. The lowest BCUT2D eigenvalue weighted by atomic mass is 9.97. The van der Waals surface area contributed by atoms with Gasteiger partial charge in [-0.05, 0) is 25.0 Å². The van der Waals surface area contributed by atoms with Gasteiger partial charge in [-0.1, -0.05) is 12.1 Å². The molecule has 0 spiro atoms. The Morgan fingerprint density at radius 1 is 1.42 bits per heavy atom. The van der Waals surface area contributed by atoms with Gasteiger partial charge in [0.15, 0.2) is 0 Å². The molecular formula is C17H18FN3O2S. The summed E-state index contributed by atoms with van der Waals surface area (Å²) in [6, 6.07) is 6.23. The molecule has 3 rings (SSSR count). The third-order valence-electron chi connectivity index (χ3n) is 4.13. The number of thiazole rings is 1. The van der Waals surface area contributed by atoms with E-state index in [1.165, 1.54) is 23.5 Å². The first-order valence-electron chi connectivity index (χ1n) is 7.80. The van der Waals surface area contributed by atoms with Gasteiger partial charge in [-0.15, -0.1) is 11.3 Å². The van der Waals surface area contributed by atoms with Crippen LogP contribution in [0.1, 0.15) is 18.5 Å². The number of likely N-dealkylation sites (tertiary alicyclic amines) is 1. The van der Waals surface area contributed by atoms with Crippen LogP contribution in [0.4, 0.5) is 4.39 Å². The monoisotopic (exact) mass is 347 g/mol. The van der Waals surface area contributed by atoms with Gasteiger partial charge >= 0.3 is 0 Å². The van der Waals surface area contributed by atoms with Gasteiger partial charge in [-0.2, -0.15) is 0 Å². The van der Waals surface area contributed by atoms with E-state index in [1.54, 1.807) is 17.0 Å². The third kappa shape index (κ3) is 3.79. The number of halogens is 1. The molecule has 1 aromatic heterocycles. The van der Waals surface area contributed by atoms with Crippen molar-refractivity contribution in [1.29, 1.82) is 0 Å². The molecule has 0 saturated carbocycles. The Morgan fingerprint density at radius 3 is 3.00 bits per heavy atom. The van der Waals surface area contributed by atoms with Crippen molar-refractivity contribution in [1.82, 2.24) is 9.88 Å². The molecule has 2 N–H and O–H groups in total. The molecule has 0 radical (unpaired) electrons. The first kappa shape index (κ1) is 16.6. The first-order chi connectivity index (χ1) is 11.5. The summed E-state index contributed by atoms with van der Waals surface area (Å²) >= 11 is 1.38. The van der Waals surface area contributed by atoms with Crippen molar-refractivity contribution in [2.75, 3.05) is 13.1 Å². The second-order valence-corrected chi connectivity index (χ2v) is 6.77. The number of hydrogen-bond donors (Lipinski definition) is 1. The number of amides is 2. The van der Waals surface area contributed by atoms with Crippen LogP contribution in [0.2, 0.25) is 0 Å². The highest BCUT2D eigenvalue weighted by Gasteiger charge is 2.27. The summed E-state index contributed by atoms with van der Waals surface area (Å²) in [4.78, 5) is 29.8. The quantitative estimate of drug-likeness (QED) is 0.921. The van der Waals surface area contributed by atoms with Crippen molar-refractivity contribution in [3.63, 3.8) is 0 Å². The Kier molecular flexibility index (Phi) is 4.89. The fourth-order valence-electron chi connectivity index (χ4n) is 2.84. The number of rotatable bonds is 4. The summed E-state index contributed by atoms with van der Waals surface area (Å²) in [5.74, 6) is -0.987. The number of nitrogens with zero attached hydrogens (tertiary/aromatic N) is 2. The van der Waals surface area contributed by atoms with E-state index in [4.69, 9.17) is 5.73 Å². The number of hydrogen-bond acceptors (Lipinski definition) is 4. The molecule has 7 heteroatoms. The Morgan fingerprint density at radius 2 is 2.25 bits per heavy atom. The van der Waals surface area contributed by atoms with Crippen molar-refractivity contribution in [2.45, 2.75) is 19.3 Å². The van der Waals surface area contributed by atoms with Crippen LogP contribution in [0, 0.1) is 11.7 Å². The summed E-state index contributed by atoms with van der Waals surface area (Å²) in [6.07, 6.45) is 1.70. The minimum Gasteiger partial charge on any atom is -0.369 e. The fraction of sp³-hybridized carbons (Fsp3) is 0.353. The van der Waals surface area contributed by atoms with Crippen molar-refractivity contribution < 1.29 is 14.0 Å². The number of primary amides is 1. The van der Waals surface area contributed by atoms with Crippen molar-refractivity contribution in [3.8, 4) is 10.6 Å². The van der Waals surface area contributed by atoms with E-state index < -0.39 is 0 Å². The Bertz CT molecular complexity index is 762. The Labute approximate surface area is 143 Å². The minimum absolute atomic E-state index is 0.0583. The van der Waals surface area contributed by atoms with Crippen LogP contribution in [-0.4, -0.2) is 34.8 Å². The number of carbonyl (C=O) groups is 2. The SMILES string of the molecule is NC(=O)[C@H]1CCCN(C(=O)Cc2csc(-c3cccc(F)c3)n2)C1. The topological polar surface area (TPSA) is 76.3 Å². The summed E-state index contributed by atoms with van der Waals surface area (Å²) < 4.78 is 13.3. The van der Waals surface area contributed by atoms with Crippen molar-refractivity contribution in [2.24, 2.45) is 11.7 Å². The highest BCUT2D eigenvalue weighted by molar-refractivity contribution is 7.13. The minimum atomic E-state index is -0.352. The Hall–Kier alpha value is -2.28. The van der Waals surface area contributed by atoms with Crippen LogP contribution < -0.4 is 5.73 Å². The summed E-state index contributed by atoms with van der Waals surface area (Å²) in [5, 5.41) is 2.50. The summed E-state index contributed by atoms with van der Waals surface area (Å²) in [6.45, 7) is 1.03. The molecule has 0 bridgehead atoms. The first-order valence-corrected chi connectivity index (χ1v) is 8.68. The predicted molar refractivity (Wildman–Crippen MR) is 89.7 cm³/mol. The number of nitrogens with two attached hydrogens (primary N) is 1. The number of piperidine rings is 1. The maximum Gasteiger partial charge on any atom is 0.228 e. The molecule has 1 aromatic carbocycles. The lowest BCUT2D eigenvalue weighted by Gasteiger charge is -2.31. The number of carbonyl (C=O) groups excluding carboxylic acids is 2. The standard InChI is InChI=1S/C17H18FN3O2S/c18-13-5-1-3-11(7-13)17-20-14(10-24-17)8-15(22)21-6-2-4-12(9-21)16(19)23/h1,3,5,7,10,12H,2,4,6,8-9H2,(H2,19,23)/t12-/m0/s1. The average molecular weight is 347 g/mol. The van der Waals surface area contributed by atoms with E-state index in [-0.39, 0.29) is 30.0 Å². The molecule has 1 fully saturated rings. The molecule has 0 aliphatic carbocycles. The molecule has 1 atom stereocenters. The molecule has 2 aromatic rings. The molecule has 1 aliphatic heterocycles. The highest BCUT2D eigenvalue weighted by Crippen LogP contribution is 2.25. The zero-order valence-electron chi connectivity index (χ0n) is 13.1. The number of aromatic nitrogens is 1. The summed E-state index contributed by atoms with van der Waals surface area (Å²) in [7, 11) is 0. The van der Waals surface area contributed by atoms with Gasteiger partial charge in [0.1, 0.15) is 10.8 Å². The zero-order chi connectivity index (χ0) is 17.1. The lowest BCUT2D eigenvalue weighted by Crippen LogP contribution is -2.44. The second-order valence-electron chi connectivity index (χ2n) is 5.91. The average Bonchev–Trinajstić information content (AvgIpc) is 3.03. The molecule has 1 saturated heterocycles.